The first-order valence-electron chi connectivity index (χ1n) is 8.07. The normalized spacial score (nSPS) is 10.2. The highest BCUT2D eigenvalue weighted by Crippen LogP contribution is 2.17. The van der Waals surface area contributed by atoms with Gasteiger partial charge >= 0.3 is 0 Å². The molecule has 0 radical (unpaired) electrons. The third-order valence-corrected chi connectivity index (χ3v) is 3.59. The molecule has 0 fully saturated rings. The van der Waals surface area contributed by atoms with Crippen molar-refractivity contribution in [2.24, 2.45) is 0 Å². The van der Waals surface area contributed by atoms with E-state index < -0.39 is 0 Å². The number of hydrogen-bond donors (Lipinski definition) is 2. The molecule has 0 aliphatic heterocycles. The number of hydrogen-bond acceptors (Lipinski definition) is 3. The van der Waals surface area contributed by atoms with Gasteiger partial charge in [-0.25, -0.2) is 0 Å². The number of phenols is 1. The van der Waals surface area contributed by atoms with Crippen molar-refractivity contribution >= 4 is 5.91 Å². The van der Waals surface area contributed by atoms with Crippen LogP contribution < -0.4 is 10.1 Å². The molecule has 2 N–H and O–H groups in total. The molecule has 2 aromatic carbocycles. The zero-order valence-corrected chi connectivity index (χ0v) is 13.7. The molecule has 0 bridgehead atoms. The lowest BCUT2D eigenvalue weighted by molar-refractivity contribution is -0.116. The van der Waals surface area contributed by atoms with Gasteiger partial charge in [0.25, 0.3) is 0 Å². The van der Waals surface area contributed by atoms with Crippen molar-refractivity contribution in [3.05, 3.63) is 72.3 Å². The first-order chi connectivity index (χ1) is 11.7. The van der Waals surface area contributed by atoms with E-state index in [2.05, 4.69) is 11.9 Å². The van der Waals surface area contributed by atoms with Gasteiger partial charge in [0.2, 0.25) is 5.91 Å². The molecule has 0 unspecified atom stereocenters. The van der Waals surface area contributed by atoms with Crippen LogP contribution in [0.4, 0.5) is 0 Å². The minimum Gasteiger partial charge on any atom is -0.508 e. The summed E-state index contributed by atoms with van der Waals surface area (Å²) in [5.74, 6) is 0.992. The number of unbranched alkanes of at least 4 members (excludes halogenated alkanes) is 1. The Labute approximate surface area is 142 Å². The van der Waals surface area contributed by atoms with Gasteiger partial charge in [-0.15, -0.1) is 0 Å². The lowest BCUT2D eigenvalue weighted by Crippen LogP contribution is -2.22. The quantitative estimate of drug-likeness (QED) is 0.548. The summed E-state index contributed by atoms with van der Waals surface area (Å²) in [6.07, 6.45) is 3.85. The molecule has 2 aromatic rings. The van der Waals surface area contributed by atoms with E-state index in [1.54, 1.807) is 12.1 Å². The number of phenolic OH excluding ortho intramolecular Hbond substituents is 1. The van der Waals surface area contributed by atoms with Crippen LogP contribution in [0.5, 0.6) is 11.5 Å². The van der Waals surface area contributed by atoms with Gasteiger partial charge in [0, 0.05) is 6.54 Å². The summed E-state index contributed by atoms with van der Waals surface area (Å²) in [7, 11) is 0. The SMILES string of the molecule is C=CC(=O)NCCCCOc1ccc(Cc2ccc(O)cc2)cc1. The number of carbonyl (C=O) groups is 1. The van der Waals surface area contributed by atoms with Gasteiger partial charge in [-0.2, -0.15) is 0 Å². The van der Waals surface area contributed by atoms with E-state index in [1.165, 1.54) is 11.6 Å². The molecule has 0 atom stereocenters. The van der Waals surface area contributed by atoms with Crippen molar-refractivity contribution in [2.75, 3.05) is 13.2 Å². The number of carbonyl (C=O) groups excluding carboxylic acids is 1. The van der Waals surface area contributed by atoms with Crippen molar-refractivity contribution < 1.29 is 14.6 Å². The minimum absolute atomic E-state index is 0.139. The van der Waals surface area contributed by atoms with Crippen molar-refractivity contribution in [3.63, 3.8) is 0 Å². The van der Waals surface area contributed by atoms with E-state index in [0.29, 0.717) is 13.2 Å². The van der Waals surface area contributed by atoms with Gasteiger partial charge in [-0.05, 0) is 60.7 Å². The highest BCUT2D eigenvalue weighted by molar-refractivity contribution is 5.86. The molecule has 4 heteroatoms. The fraction of sp³-hybridized carbons (Fsp3) is 0.250. The zero-order valence-electron chi connectivity index (χ0n) is 13.7. The maximum absolute atomic E-state index is 11.0. The molecule has 0 saturated carbocycles. The van der Waals surface area contributed by atoms with Crippen LogP contribution in [0, 0.1) is 0 Å². The molecule has 24 heavy (non-hydrogen) atoms. The Morgan fingerprint density at radius 3 is 2.29 bits per heavy atom. The summed E-state index contributed by atoms with van der Waals surface area (Å²) >= 11 is 0. The summed E-state index contributed by atoms with van der Waals surface area (Å²) in [5, 5.41) is 12.0. The Morgan fingerprint density at radius 2 is 1.67 bits per heavy atom. The third-order valence-electron chi connectivity index (χ3n) is 3.59. The van der Waals surface area contributed by atoms with E-state index >= 15 is 0 Å². The van der Waals surface area contributed by atoms with Crippen LogP contribution in [0.2, 0.25) is 0 Å². The standard InChI is InChI=1S/C20H23NO3/c1-2-20(23)21-13-3-4-14-24-19-11-7-17(8-12-19)15-16-5-9-18(22)10-6-16/h2,5-12,22H,1,3-4,13-15H2,(H,21,23). The Morgan fingerprint density at radius 1 is 1.04 bits per heavy atom. The second-order valence-corrected chi connectivity index (χ2v) is 5.54. The molecule has 0 spiro atoms. The average molecular weight is 325 g/mol. The maximum atomic E-state index is 11.0. The van der Waals surface area contributed by atoms with Crippen molar-refractivity contribution in [1.29, 1.82) is 0 Å². The summed E-state index contributed by atoms with van der Waals surface area (Å²) in [4.78, 5) is 11.0. The van der Waals surface area contributed by atoms with E-state index in [4.69, 9.17) is 4.74 Å². The number of aromatic hydroxyl groups is 1. The third kappa shape index (κ3) is 6.16. The number of amides is 1. The maximum Gasteiger partial charge on any atom is 0.243 e. The molecule has 0 aromatic heterocycles. The lowest BCUT2D eigenvalue weighted by atomic mass is 10.0. The largest absolute Gasteiger partial charge is 0.508 e. The topological polar surface area (TPSA) is 58.6 Å². The fourth-order valence-corrected chi connectivity index (χ4v) is 2.25. The Kier molecular flexibility index (Phi) is 6.90. The first kappa shape index (κ1) is 17.6. The molecule has 0 heterocycles. The first-order valence-corrected chi connectivity index (χ1v) is 8.07. The molecular weight excluding hydrogens is 302 g/mol. The Hall–Kier alpha value is -2.75. The monoisotopic (exact) mass is 325 g/mol. The molecule has 0 aliphatic rings. The predicted molar refractivity (Wildman–Crippen MR) is 95.3 cm³/mol. The highest BCUT2D eigenvalue weighted by Gasteiger charge is 1.99. The second kappa shape index (κ2) is 9.40. The summed E-state index contributed by atoms with van der Waals surface area (Å²) < 4.78 is 5.69. The molecule has 0 saturated heterocycles. The van der Waals surface area contributed by atoms with Crippen molar-refractivity contribution in [2.45, 2.75) is 19.3 Å². The van der Waals surface area contributed by atoms with Crippen LogP contribution in [0.3, 0.4) is 0 Å². The number of rotatable bonds is 9. The summed E-state index contributed by atoms with van der Waals surface area (Å²) in [5.41, 5.74) is 2.35. The van der Waals surface area contributed by atoms with Gasteiger partial charge in [0.1, 0.15) is 11.5 Å². The highest BCUT2D eigenvalue weighted by atomic mass is 16.5. The number of nitrogens with one attached hydrogen (secondary N) is 1. The van der Waals surface area contributed by atoms with Gasteiger partial charge in [-0.3, -0.25) is 4.79 Å². The van der Waals surface area contributed by atoms with E-state index in [9.17, 15) is 9.90 Å². The lowest BCUT2D eigenvalue weighted by Gasteiger charge is -2.08. The van der Waals surface area contributed by atoms with Crippen molar-refractivity contribution in [1.82, 2.24) is 5.32 Å². The molecule has 4 nitrogen and oxygen atoms in total. The van der Waals surface area contributed by atoms with Crippen LogP contribution >= 0.6 is 0 Å². The molecule has 1 amide bonds. The van der Waals surface area contributed by atoms with E-state index in [1.807, 2.05) is 36.4 Å². The van der Waals surface area contributed by atoms with Crippen LogP contribution in [0.1, 0.15) is 24.0 Å². The second-order valence-electron chi connectivity index (χ2n) is 5.54. The zero-order chi connectivity index (χ0) is 17.2. The van der Waals surface area contributed by atoms with Crippen molar-refractivity contribution in [3.8, 4) is 11.5 Å². The van der Waals surface area contributed by atoms with Crippen LogP contribution in [0.15, 0.2) is 61.2 Å². The van der Waals surface area contributed by atoms with Gasteiger partial charge < -0.3 is 15.2 Å². The smallest absolute Gasteiger partial charge is 0.243 e. The molecule has 0 aliphatic carbocycles. The molecular formula is C20H23NO3. The van der Waals surface area contributed by atoms with Gasteiger partial charge in [-0.1, -0.05) is 30.8 Å². The summed E-state index contributed by atoms with van der Waals surface area (Å²) in [6.45, 7) is 4.67. The Balaban J connectivity index is 1.69. The van der Waals surface area contributed by atoms with Gasteiger partial charge in [0.05, 0.1) is 6.61 Å². The van der Waals surface area contributed by atoms with E-state index in [-0.39, 0.29) is 11.7 Å². The Bertz CT molecular complexity index is 648. The number of ether oxygens (including phenoxy) is 1. The average Bonchev–Trinajstić information content (AvgIpc) is 2.61. The predicted octanol–water partition coefficient (Wildman–Crippen LogP) is 3.44. The van der Waals surface area contributed by atoms with Crippen LogP contribution in [-0.2, 0) is 11.2 Å². The number of benzene rings is 2. The summed E-state index contributed by atoms with van der Waals surface area (Å²) in [6, 6.07) is 15.3. The fourth-order valence-electron chi connectivity index (χ4n) is 2.25. The van der Waals surface area contributed by atoms with E-state index in [0.717, 1.165) is 30.6 Å². The molecule has 126 valence electrons. The minimum atomic E-state index is -0.139. The van der Waals surface area contributed by atoms with Crippen LogP contribution in [0.25, 0.3) is 0 Å². The van der Waals surface area contributed by atoms with Gasteiger partial charge in [0.15, 0.2) is 0 Å². The molecule has 2 rings (SSSR count). The van der Waals surface area contributed by atoms with Crippen LogP contribution in [-0.4, -0.2) is 24.2 Å².